The number of aromatic nitrogens is 3. The lowest BCUT2D eigenvalue weighted by atomic mass is 10.3. The summed E-state index contributed by atoms with van der Waals surface area (Å²) < 4.78 is 0. The molecule has 0 unspecified atom stereocenters. The first-order valence-electron chi connectivity index (χ1n) is 2.50. The molecule has 0 saturated carbocycles. The summed E-state index contributed by atoms with van der Waals surface area (Å²) in [7, 11) is 0. The van der Waals surface area contributed by atoms with Gasteiger partial charge in [0.1, 0.15) is 0 Å². The van der Waals surface area contributed by atoms with Crippen molar-refractivity contribution in [2.24, 2.45) is 0 Å². The Kier molecular flexibility index (Phi) is 2.88. The van der Waals surface area contributed by atoms with Crippen molar-refractivity contribution in [1.82, 2.24) is 15.4 Å². The van der Waals surface area contributed by atoms with Gasteiger partial charge in [-0.25, -0.2) is 9.59 Å². The third-order valence-corrected chi connectivity index (χ3v) is 0.953. The zero-order chi connectivity index (χ0) is 8.43. The molecule has 1 rings (SSSR count). The second-order valence-corrected chi connectivity index (χ2v) is 1.63. The summed E-state index contributed by atoms with van der Waals surface area (Å²) in [6.45, 7) is 0. The average Bonchev–Trinajstić information content (AvgIpc) is 2.32. The Hall–Kier alpha value is -1.96. The molecule has 0 atom stereocenters. The van der Waals surface area contributed by atoms with Crippen LogP contribution in [0.15, 0.2) is 0 Å². The van der Waals surface area contributed by atoms with E-state index >= 15 is 0 Å². The van der Waals surface area contributed by atoms with Crippen LogP contribution in [0.1, 0.15) is 21.0 Å². The van der Waals surface area contributed by atoms with Gasteiger partial charge in [0.05, 0.1) is 0 Å². The van der Waals surface area contributed by atoms with Crippen molar-refractivity contribution in [1.29, 1.82) is 0 Å². The minimum Gasteiger partial charge on any atom is -0.476 e. The van der Waals surface area contributed by atoms with Crippen molar-refractivity contribution in [3.05, 3.63) is 11.4 Å². The fraction of sp³-hybridized carbons (Fsp3) is 0. The molecule has 0 radical (unpaired) electrons. The standard InChI is InChI=1S/C4H3N3O4.H2O/c8-3(9)1-2(4(10)11)6-7-5-1;/h(H,8,9)(H,10,11)(H,5,6,7);1H2. The quantitative estimate of drug-likeness (QED) is 0.491. The first-order valence-corrected chi connectivity index (χ1v) is 2.50. The van der Waals surface area contributed by atoms with Crippen molar-refractivity contribution in [3.8, 4) is 0 Å². The fourth-order valence-corrected chi connectivity index (χ4v) is 0.529. The number of carboxylic acids is 2. The SMILES string of the molecule is O.O=C(O)c1n[nH]nc1C(=O)O. The van der Waals surface area contributed by atoms with E-state index in [0.29, 0.717) is 0 Å². The number of hydrogen-bond acceptors (Lipinski definition) is 4. The van der Waals surface area contributed by atoms with E-state index in [2.05, 4.69) is 10.2 Å². The van der Waals surface area contributed by atoms with Gasteiger partial charge in [0.2, 0.25) is 11.4 Å². The molecule has 0 amide bonds. The summed E-state index contributed by atoms with van der Waals surface area (Å²) in [5, 5.41) is 24.8. The van der Waals surface area contributed by atoms with E-state index in [9.17, 15) is 9.59 Å². The van der Waals surface area contributed by atoms with Crippen LogP contribution in [0.5, 0.6) is 0 Å². The van der Waals surface area contributed by atoms with Crippen molar-refractivity contribution in [2.45, 2.75) is 0 Å². The zero-order valence-electron chi connectivity index (χ0n) is 5.61. The molecule has 8 nitrogen and oxygen atoms in total. The highest BCUT2D eigenvalue weighted by Crippen LogP contribution is 1.99. The van der Waals surface area contributed by atoms with Crippen molar-refractivity contribution < 1.29 is 25.3 Å². The first-order chi connectivity index (χ1) is 5.13. The lowest BCUT2D eigenvalue weighted by Crippen LogP contribution is -2.07. The Morgan fingerprint density at radius 3 is 1.67 bits per heavy atom. The molecule has 1 heterocycles. The second kappa shape index (κ2) is 3.44. The van der Waals surface area contributed by atoms with Gasteiger partial charge in [0.25, 0.3) is 0 Å². The number of rotatable bonds is 2. The molecule has 0 fully saturated rings. The Labute approximate surface area is 65.1 Å². The lowest BCUT2D eigenvalue weighted by Gasteiger charge is -1.85. The molecule has 12 heavy (non-hydrogen) atoms. The molecule has 0 spiro atoms. The van der Waals surface area contributed by atoms with Gasteiger partial charge in [-0.1, -0.05) is 0 Å². The molecule has 0 saturated heterocycles. The molecular formula is C4H5N3O5. The van der Waals surface area contributed by atoms with Crippen molar-refractivity contribution in [3.63, 3.8) is 0 Å². The lowest BCUT2D eigenvalue weighted by molar-refractivity contribution is 0.0644. The van der Waals surface area contributed by atoms with Gasteiger partial charge in [-0.15, -0.1) is 10.2 Å². The zero-order valence-corrected chi connectivity index (χ0v) is 5.61. The van der Waals surface area contributed by atoms with Gasteiger partial charge in [-0.2, -0.15) is 5.21 Å². The number of carbonyl (C=O) groups is 2. The highest BCUT2D eigenvalue weighted by atomic mass is 16.4. The van der Waals surface area contributed by atoms with E-state index in [1.807, 2.05) is 5.21 Å². The molecule has 66 valence electrons. The van der Waals surface area contributed by atoms with Gasteiger partial charge in [0, 0.05) is 0 Å². The van der Waals surface area contributed by atoms with E-state index in [1.165, 1.54) is 0 Å². The van der Waals surface area contributed by atoms with Crippen molar-refractivity contribution >= 4 is 11.9 Å². The normalized spacial score (nSPS) is 8.67. The van der Waals surface area contributed by atoms with Crippen LogP contribution in [0.3, 0.4) is 0 Å². The number of nitrogens with zero attached hydrogens (tertiary/aromatic N) is 2. The molecule has 1 aromatic rings. The van der Waals surface area contributed by atoms with E-state index < -0.39 is 23.3 Å². The highest BCUT2D eigenvalue weighted by Gasteiger charge is 2.20. The van der Waals surface area contributed by atoms with Gasteiger partial charge in [-0.05, 0) is 0 Å². The van der Waals surface area contributed by atoms with Gasteiger partial charge in [-0.3, -0.25) is 0 Å². The number of carboxylic acid groups (broad SMARTS) is 2. The summed E-state index contributed by atoms with van der Waals surface area (Å²) >= 11 is 0. The number of hydrogen-bond donors (Lipinski definition) is 3. The van der Waals surface area contributed by atoms with E-state index in [4.69, 9.17) is 10.2 Å². The van der Waals surface area contributed by atoms with E-state index in [-0.39, 0.29) is 5.48 Å². The molecule has 5 N–H and O–H groups in total. The summed E-state index contributed by atoms with van der Waals surface area (Å²) in [6, 6.07) is 0. The van der Waals surface area contributed by atoms with Crippen LogP contribution in [0.2, 0.25) is 0 Å². The van der Waals surface area contributed by atoms with Crippen LogP contribution in [0.25, 0.3) is 0 Å². The Balaban J connectivity index is 0.00000121. The molecular weight excluding hydrogens is 170 g/mol. The number of aromatic carboxylic acids is 2. The predicted molar refractivity (Wildman–Crippen MR) is 33.9 cm³/mol. The largest absolute Gasteiger partial charge is 0.476 e. The fourth-order valence-electron chi connectivity index (χ4n) is 0.529. The molecule has 0 bridgehead atoms. The van der Waals surface area contributed by atoms with E-state index in [0.717, 1.165) is 0 Å². The summed E-state index contributed by atoms with van der Waals surface area (Å²) in [4.78, 5) is 20.4. The van der Waals surface area contributed by atoms with Crippen LogP contribution in [0.4, 0.5) is 0 Å². The van der Waals surface area contributed by atoms with Crippen molar-refractivity contribution in [2.75, 3.05) is 0 Å². The summed E-state index contributed by atoms with van der Waals surface area (Å²) in [6.07, 6.45) is 0. The summed E-state index contributed by atoms with van der Waals surface area (Å²) in [5.74, 6) is -2.84. The monoisotopic (exact) mass is 175 g/mol. The average molecular weight is 175 g/mol. The minimum atomic E-state index is -1.42. The third kappa shape index (κ3) is 1.55. The van der Waals surface area contributed by atoms with E-state index in [1.54, 1.807) is 0 Å². The van der Waals surface area contributed by atoms with Crippen LogP contribution in [-0.4, -0.2) is 43.0 Å². The van der Waals surface area contributed by atoms with Crippen LogP contribution < -0.4 is 0 Å². The second-order valence-electron chi connectivity index (χ2n) is 1.63. The number of nitrogens with one attached hydrogen (secondary N) is 1. The minimum absolute atomic E-state index is 0. The third-order valence-electron chi connectivity index (χ3n) is 0.953. The maximum Gasteiger partial charge on any atom is 0.359 e. The molecule has 1 aromatic heterocycles. The molecule has 0 aliphatic carbocycles. The topological polar surface area (TPSA) is 148 Å². The van der Waals surface area contributed by atoms with Gasteiger partial charge in [0.15, 0.2) is 0 Å². The maximum absolute atomic E-state index is 10.2. The first kappa shape index (κ1) is 10.0. The summed E-state index contributed by atoms with van der Waals surface area (Å²) in [5.41, 5.74) is -1.17. The Morgan fingerprint density at radius 2 is 1.42 bits per heavy atom. The Bertz CT molecular complexity index is 277. The molecule has 0 aliphatic rings. The van der Waals surface area contributed by atoms with Crippen LogP contribution >= 0.6 is 0 Å². The van der Waals surface area contributed by atoms with Gasteiger partial charge >= 0.3 is 11.9 Å². The smallest absolute Gasteiger partial charge is 0.359 e. The maximum atomic E-state index is 10.2. The van der Waals surface area contributed by atoms with Crippen LogP contribution in [0, 0.1) is 0 Å². The predicted octanol–water partition coefficient (Wildman–Crippen LogP) is -1.62. The molecule has 8 heteroatoms. The van der Waals surface area contributed by atoms with Crippen LogP contribution in [-0.2, 0) is 0 Å². The van der Waals surface area contributed by atoms with Gasteiger partial charge < -0.3 is 15.7 Å². The number of aromatic amines is 1. The Morgan fingerprint density at radius 1 is 1.08 bits per heavy atom. The molecule has 0 aromatic carbocycles. The number of H-pyrrole nitrogens is 1. The molecule has 0 aliphatic heterocycles. The highest BCUT2D eigenvalue weighted by molar-refractivity contribution is 5.98.